The molecule has 0 fully saturated rings. The molecule has 1 heterocycles. The minimum Gasteiger partial charge on any atom is -0.465 e. The lowest BCUT2D eigenvalue weighted by molar-refractivity contribution is 0.0597. The van der Waals surface area contributed by atoms with E-state index < -0.39 is 15.8 Å². The number of methoxy groups -OCH3 is 1. The first-order chi connectivity index (χ1) is 6.38. The molecule has 0 bridgehead atoms. The van der Waals surface area contributed by atoms with Crippen molar-refractivity contribution in [2.24, 2.45) is 0 Å². The fourth-order valence-electron chi connectivity index (χ4n) is 0.907. The average Bonchev–Trinajstić information content (AvgIpc) is 2.45. The molecule has 0 atom stereocenters. The van der Waals surface area contributed by atoms with E-state index in [2.05, 4.69) is 14.9 Å². The fourth-order valence-corrected chi connectivity index (χ4v) is 1.68. The fraction of sp³-hybridized carbons (Fsp3) is 0.333. The average molecular weight is 219 g/mol. The number of nitrogens with one attached hydrogen (secondary N) is 1. The Kier molecular flexibility index (Phi) is 2.47. The van der Waals surface area contributed by atoms with Gasteiger partial charge in [0, 0.05) is 6.26 Å². The minimum atomic E-state index is -3.57. The minimum absolute atomic E-state index is 0.197. The SMILES string of the molecule is COC(=O)c1c(N)n[nH]c1S(C)(=O)=O. The van der Waals surface area contributed by atoms with Gasteiger partial charge in [-0.3, -0.25) is 5.10 Å². The van der Waals surface area contributed by atoms with Gasteiger partial charge in [-0.15, -0.1) is 0 Å². The van der Waals surface area contributed by atoms with Crippen LogP contribution in [0.25, 0.3) is 0 Å². The van der Waals surface area contributed by atoms with E-state index in [4.69, 9.17) is 5.73 Å². The lowest BCUT2D eigenvalue weighted by Crippen LogP contribution is -2.10. The van der Waals surface area contributed by atoms with Gasteiger partial charge in [-0.1, -0.05) is 0 Å². The van der Waals surface area contributed by atoms with Gasteiger partial charge in [0.1, 0.15) is 5.56 Å². The third kappa shape index (κ3) is 1.69. The zero-order chi connectivity index (χ0) is 10.9. The Morgan fingerprint density at radius 2 is 2.14 bits per heavy atom. The number of carbonyl (C=O) groups excluding carboxylic acids is 1. The second-order valence-electron chi connectivity index (χ2n) is 2.58. The summed E-state index contributed by atoms with van der Waals surface area (Å²) < 4.78 is 26.7. The van der Waals surface area contributed by atoms with Crippen LogP contribution in [-0.2, 0) is 14.6 Å². The molecule has 3 N–H and O–H groups in total. The number of hydrogen-bond acceptors (Lipinski definition) is 6. The quantitative estimate of drug-likeness (QED) is 0.628. The summed E-state index contributed by atoms with van der Waals surface area (Å²) in [7, 11) is -2.44. The molecule has 8 heteroatoms. The maximum Gasteiger partial charge on any atom is 0.344 e. The molecule has 0 unspecified atom stereocenters. The van der Waals surface area contributed by atoms with Gasteiger partial charge in [0.05, 0.1) is 7.11 Å². The second kappa shape index (κ2) is 3.29. The van der Waals surface area contributed by atoms with E-state index in [1.807, 2.05) is 0 Å². The molecule has 0 spiro atoms. The van der Waals surface area contributed by atoms with E-state index in [0.717, 1.165) is 13.4 Å². The van der Waals surface area contributed by atoms with Crippen LogP contribution in [0.15, 0.2) is 5.03 Å². The van der Waals surface area contributed by atoms with E-state index in [0.29, 0.717) is 0 Å². The number of ether oxygens (including phenoxy) is 1. The highest BCUT2D eigenvalue weighted by atomic mass is 32.2. The molecule has 7 nitrogen and oxygen atoms in total. The maximum atomic E-state index is 11.2. The van der Waals surface area contributed by atoms with Gasteiger partial charge in [0.15, 0.2) is 20.7 Å². The van der Waals surface area contributed by atoms with Gasteiger partial charge in [-0.05, 0) is 0 Å². The van der Waals surface area contributed by atoms with Crippen molar-refractivity contribution >= 4 is 21.6 Å². The Balaban J connectivity index is 3.42. The molecule has 0 amide bonds. The molecule has 1 rings (SSSR count). The summed E-state index contributed by atoms with van der Waals surface area (Å²) in [6.07, 6.45) is 0.937. The first kappa shape index (κ1) is 10.5. The van der Waals surface area contributed by atoms with Crippen LogP contribution in [0.2, 0.25) is 0 Å². The Bertz CT molecular complexity index is 461. The van der Waals surface area contributed by atoms with E-state index in [9.17, 15) is 13.2 Å². The van der Waals surface area contributed by atoms with Crippen molar-refractivity contribution in [3.63, 3.8) is 0 Å². The predicted octanol–water partition coefficient (Wildman–Crippen LogP) is -0.818. The third-order valence-corrected chi connectivity index (χ3v) is 2.56. The number of nitrogens with two attached hydrogens (primary N) is 1. The number of hydrogen-bond donors (Lipinski definition) is 2. The van der Waals surface area contributed by atoms with Gasteiger partial charge >= 0.3 is 5.97 Å². The molecule has 1 aromatic rings. The number of H-pyrrole nitrogens is 1. The summed E-state index contributed by atoms with van der Waals surface area (Å²) in [6, 6.07) is 0. The van der Waals surface area contributed by atoms with Crippen molar-refractivity contribution < 1.29 is 17.9 Å². The van der Waals surface area contributed by atoms with Crippen LogP contribution >= 0.6 is 0 Å². The molecule has 0 aliphatic rings. The highest BCUT2D eigenvalue weighted by Gasteiger charge is 2.25. The molecule has 0 saturated heterocycles. The van der Waals surface area contributed by atoms with E-state index >= 15 is 0 Å². The number of nitrogen functional groups attached to an aromatic ring is 1. The highest BCUT2D eigenvalue weighted by Crippen LogP contribution is 2.18. The first-order valence-electron chi connectivity index (χ1n) is 3.50. The molecule has 1 aromatic heterocycles. The van der Waals surface area contributed by atoms with Crippen molar-refractivity contribution in [3.8, 4) is 0 Å². The zero-order valence-electron chi connectivity index (χ0n) is 7.57. The number of carbonyl (C=O) groups is 1. The smallest absolute Gasteiger partial charge is 0.344 e. The Morgan fingerprint density at radius 1 is 1.57 bits per heavy atom. The van der Waals surface area contributed by atoms with Crippen molar-refractivity contribution in [2.45, 2.75) is 5.03 Å². The summed E-state index contributed by atoms with van der Waals surface area (Å²) in [4.78, 5) is 11.1. The van der Waals surface area contributed by atoms with Crippen molar-refractivity contribution in [1.29, 1.82) is 0 Å². The number of aromatic amines is 1. The molecule has 14 heavy (non-hydrogen) atoms. The Hall–Kier alpha value is -1.57. The Morgan fingerprint density at radius 3 is 2.57 bits per heavy atom. The van der Waals surface area contributed by atoms with Gasteiger partial charge in [-0.25, -0.2) is 13.2 Å². The van der Waals surface area contributed by atoms with Crippen LogP contribution in [0.4, 0.5) is 5.82 Å². The summed E-state index contributed by atoms with van der Waals surface area (Å²) in [5, 5.41) is 5.26. The maximum absolute atomic E-state index is 11.2. The topological polar surface area (TPSA) is 115 Å². The number of nitrogens with zero attached hydrogens (tertiary/aromatic N) is 1. The molecule has 0 aromatic carbocycles. The molecular weight excluding hydrogens is 210 g/mol. The summed E-state index contributed by atoms with van der Waals surface area (Å²) in [5.41, 5.74) is 5.05. The van der Waals surface area contributed by atoms with Crippen LogP contribution in [-0.4, -0.2) is 38.0 Å². The first-order valence-corrected chi connectivity index (χ1v) is 5.39. The molecule has 0 saturated carbocycles. The Labute approximate surface area is 80.2 Å². The summed E-state index contributed by atoms with van der Waals surface area (Å²) >= 11 is 0. The summed E-state index contributed by atoms with van der Waals surface area (Å²) in [6.45, 7) is 0. The highest BCUT2D eigenvalue weighted by molar-refractivity contribution is 7.90. The van der Waals surface area contributed by atoms with Crippen LogP contribution in [0.3, 0.4) is 0 Å². The van der Waals surface area contributed by atoms with Crippen LogP contribution in [0, 0.1) is 0 Å². The standard InChI is InChI=1S/C6H9N3O4S/c1-13-6(10)3-4(7)8-9-5(3)14(2,11)12/h1-2H3,(H3,7,8,9). The number of rotatable bonds is 2. The zero-order valence-corrected chi connectivity index (χ0v) is 8.38. The number of sulfone groups is 1. The lowest BCUT2D eigenvalue weighted by atomic mass is 10.3. The predicted molar refractivity (Wildman–Crippen MR) is 47.4 cm³/mol. The van der Waals surface area contributed by atoms with E-state index in [1.54, 1.807) is 0 Å². The van der Waals surface area contributed by atoms with E-state index in [1.165, 1.54) is 0 Å². The van der Waals surface area contributed by atoms with Gasteiger partial charge in [0.2, 0.25) is 0 Å². The third-order valence-electron chi connectivity index (χ3n) is 1.52. The normalized spacial score (nSPS) is 11.3. The molecule has 0 aliphatic heterocycles. The molecule has 78 valence electrons. The van der Waals surface area contributed by atoms with Gasteiger partial charge < -0.3 is 10.5 Å². The number of anilines is 1. The van der Waals surface area contributed by atoms with Gasteiger partial charge in [0.25, 0.3) is 0 Å². The largest absolute Gasteiger partial charge is 0.465 e. The number of aromatic nitrogens is 2. The molecule has 0 radical (unpaired) electrons. The van der Waals surface area contributed by atoms with Crippen LogP contribution in [0.5, 0.6) is 0 Å². The van der Waals surface area contributed by atoms with Crippen LogP contribution in [0.1, 0.15) is 10.4 Å². The van der Waals surface area contributed by atoms with Crippen molar-refractivity contribution in [1.82, 2.24) is 10.2 Å². The van der Waals surface area contributed by atoms with Crippen molar-refractivity contribution in [2.75, 3.05) is 19.1 Å². The number of esters is 1. The summed E-state index contributed by atoms with van der Waals surface area (Å²) in [5.74, 6) is -1.03. The van der Waals surface area contributed by atoms with Crippen LogP contribution < -0.4 is 5.73 Å². The van der Waals surface area contributed by atoms with E-state index in [-0.39, 0.29) is 16.4 Å². The molecular formula is C6H9N3O4S. The molecule has 0 aliphatic carbocycles. The van der Waals surface area contributed by atoms with Crippen molar-refractivity contribution in [3.05, 3.63) is 5.56 Å². The van der Waals surface area contributed by atoms with Gasteiger partial charge in [-0.2, -0.15) is 5.10 Å². The monoisotopic (exact) mass is 219 g/mol. The lowest BCUT2D eigenvalue weighted by Gasteiger charge is -1.99. The second-order valence-corrected chi connectivity index (χ2v) is 4.53.